The summed E-state index contributed by atoms with van der Waals surface area (Å²) in [4.78, 5) is 13.1. The van der Waals surface area contributed by atoms with E-state index in [4.69, 9.17) is 10.8 Å². The van der Waals surface area contributed by atoms with E-state index in [2.05, 4.69) is 6.07 Å². The number of aryl methyl sites for hydroxylation is 1. The molecule has 4 nitrogen and oxygen atoms in total. The van der Waals surface area contributed by atoms with Gasteiger partial charge in [0.1, 0.15) is 6.04 Å². The number of hydrogen-bond donors (Lipinski definition) is 2. The van der Waals surface area contributed by atoms with E-state index in [1.54, 1.807) is 0 Å². The first-order valence-corrected chi connectivity index (χ1v) is 5.84. The molecule has 92 valence electrons. The molecular formula is C13H18N2O2. The maximum Gasteiger partial charge on any atom is 0.320 e. The molecule has 1 aromatic rings. The van der Waals surface area contributed by atoms with Crippen molar-refractivity contribution in [1.82, 2.24) is 4.90 Å². The predicted molar refractivity (Wildman–Crippen MR) is 65.6 cm³/mol. The van der Waals surface area contributed by atoms with Gasteiger partial charge in [0, 0.05) is 19.1 Å². The van der Waals surface area contributed by atoms with Crippen molar-refractivity contribution >= 4 is 5.97 Å². The Morgan fingerprint density at radius 1 is 1.59 bits per heavy atom. The first-order chi connectivity index (χ1) is 8.06. The number of nitrogens with zero attached hydrogens (tertiary/aromatic N) is 1. The molecule has 17 heavy (non-hydrogen) atoms. The molecule has 4 heteroatoms. The Hall–Kier alpha value is -1.39. The van der Waals surface area contributed by atoms with Crippen LogP contribution < -0.4 is 5.73 Å². The van der Waals surface area contributed by atoms with Crippen LogP contribution >= 0.6 is 0 Å². The Morgan fingerprint density at radius 2 is 2.35 bits per heavy atom. The standard InChI is InChI=1S/C13H18N2O2/c1-9-3-2-4-10(5-9)7-15-8-11(14)6-12(15)13(16)17/h2-5,11-12H,6-8,14H2,1H3,(H,16,17). The van der Waals surface area contributed by atoms with E-state index >= 15 is 0 Å². The molecule has 1 aliphatic rings. The Kier molecular flexibility index (Phi) is 3.45. The summed E-state index contributed by atoms with van der Waals surface area (Å²) in [7, 11) is 0. The second kappa shape index (κ2) is 4.85. The van der Waals surface area contributed by atoms with Gasteiger partial charge in [-0.05, 0) is 18.9 Å². The number of aliphatic carboxylic acids is 1. The van der Waals surface area contributed by atoms with Gasteiger partial charge in [-0.3, -0.25) is 9.69 Å². The lowest BCUT2D eigenvalue weighted by Crippen LogP contribution is -2.35. The largest absolute Gasteiger partial charge is 0.480 e. The van der Waals surface area contributed by atoms with Crippen molar-refractivity contribution in [1.29, 1.82) is 0 Å². The van der Waals surface area contributed by atoms with Gasteiger partial charge in [-0.15, -0.1) is 0 Å². The summed E-state index contributed by atoms with van der Waals surface area (Å²) >= 11 is 0. The molecule has 1 heterocycles. The van der Waals surface area contributed by atoms with Crippen LogP contribution in [0.25, 0.3) is 0 Å². The summed E-state index contributed by atoms with van der Waals surface area (Å²) in [5.41, 5.74) is 8.17. The number of hydrogen-bond acceptors (Lipinski definition) is 3. The van der Waals surface area contributed by atoms with Gasteiger partial charge in [0.2, 0.25) is 0 Å². The molecule has 0 spiro atoms. The van der Waals surface area contributed by atoms with Crippen LogP contribution in [0.5, 0.6) is 0 Å². The molecule has 1 saturated heterocycles. The fourth-order valence-corrected chi connectivity index (χ4v) is 2.42. The van der Waals surface area contributed by atoms with Crippen molar-refractivity contribution < 1.29 is 9.90 Å². The molecule has 1 aliphatic heterocycles. The molecule has 2 unspecified atom stereocenters. The van der Waals surface area contributed by atoms with Crippen LogP contribution in [0, 0.1) is 6.92 Å². The van der Waals surface area contributed by atoms with E-state index in [-0.39, 0.29) is 6.04 Å². The molecule has 3 N–H and O–H groups in total. The molecule has 0 radical (unpaired) electrons. The van der Waals surface area contributed by atoms with Gasteiger partial charge in [0.15, 0.2) is 0 Å². The van der Waals surface area contributed by atoms with Crippen molar-refractivity contribution in [2.75, 3.05) is 6.54 Å². The Labute approximate surface area is 101 Å². The van der Waals surface area contributed by atoms with Crippen LogP contribution in [0.15, 0.2) is 24.3 Å². The minimum absolute atomic E-state index is 0.0269. The highest BCUT2D eigenvalue weighted by Gasteiger charge is 2.34. The first kappa shape index (κ1) is 12.1. The highest BCUT2D eigenvalue weighted by Crippen LogP contribution is 2.20. The van der Waals surface area contributed by atoms with Crippen molar-refractivity contribution in [3.05, 3.63) is 35.4 Å². The predicted octanol–water partition coefficient (Wildman–Crippen LogP) is 0.981. The molecule has 1 fully saturated rings. The fraction of sp³-hybridized carbons (Fsp3) is 0.462. The Morgan fingerprint density at radius 3 is 3.00 bits per heavy atom. The SMILES string of the molecule is Cc1cccc(CN2CC(N)CC2C(=O)O)c1. The molecule has 0 aliphatic carbocycles. The first-order valence-electron chi connectivity index (χ1n) is 5.84. The lowest BCUT2D eigenvalue weighted by atomic mass is 10.1. The van der Waals surface area contributed by atoms with Crippen LogP contribution in [0.4, 0.5) is 0 Å². The quantitative estimate of drug-likeness (QED) is 0.818. The van der Waals surface area contributed by atoms with Crippen LogP contribution in [0.1, 0.15) is 17.5 Å². The number of likely N-dealkylation sites (tertiary alicyclic amines) is 1. The molecule has 0 aromatic heterocycles. The molecule has 2 atom stereocenters. The van der Waals surface area contributed by atoms with Gasteiger partial charge in [-0.25, -0.2) is 0 Å². The number of carbonyl (C=O) groups is 1. The summed E-state index contributed by atoms with van der Waals surface area (Å²) in [5.74, 6) is -0.773. The van der Waals surface area contributed by atoms with Gasteiger partial charge in [0.25, 0.3) is 0 Å². The summed E-state index contributed by atoms with van der Waals surface area (Å²) in [6.07, 6.45) is 0.543. The zero-order valence-electron chi connectivity index (χ0n) is 9.97. The summed E-state index contributed by atoms with van der Waals surface area (Å²) in [6, 6.07) is 7.68. The van der Waals surface area contributed by atoms with Gasteiger partial charge in [0.05, 0.1) is 0 Å². The minimum atomic E-state index is -0.773. The van der Waals surface area contributed by atoms with Crippen molar-refractivity contribution in [3.8, 4) is 0 Å². The van der Waals surface area contributed by atoms with E-state index in [9.17, 15) is 4.79 Å². The molecule has 0 amide bonds. The third kappa shape index (κ3) is 2.84. The van der Waals surface area contributed by atoms with Crippen LogP contribution in [-0.4, -0.2) is 34.6 Å². The van der Waals surface area contributed by atoms with E-state index in [0.717, 1.165) is 5.56 Å². The van der Waals surface area contributed by atoms with E-state index in [0.29, 0.717) is 19.5 Å². The number of nitrogens with two attached hydrogens (primary N) is 1. The smallest absolute Gasteiger partial charge is 0.320 e. The second-order valence-corrected chi connectivity index (χ2v) is 4.77. The van der Waals surface area contributed by atoms with Crippen LogP contribution in [-0.2, 0) is 11.3 Å². The van der Waals surface area contributed by atoms with Crippen molar-refractivity contribution in [2.24, 2.45) is 5.73 Å². The fourth-order valence-electron chi connectivity index (χ4n) is 2.42. The number of carboxylic acid groups (broad SMARTS) is 1. The van der Waals surface area contributed by atoms with E-state index in [1.165, 1.54) is 5.56 Å². The van der Waals surface area contributed by atoms with E-state index in [1.807, 2.05) is 30.0 Å². The van der Waals surface area contributed by atoms with Crippen LogP contribution in [0.2, 0.25) is 0 Å². The number of carboxylic acids is 1. The maximum atomic E-state index is 11.1. The average molecular weight is 234 g/mol. The Bertz CT molecular complexity index is 420. The highest BCUT2D eigenvalue weighted by molar-refractivity contribution is 5.74. The monoisotopic (exact) mass is 234 g/mol. The summed E-state index contributed by atoms with van der Waals surface area (Å²) in [5, 5.41) is 9.14. The van der Waals surface area contributed by atoms with Crippen molar-refractivity contribution in [3.63, 3.8) is 0 Å². The third-order valence-corrected chi connectivity index (χ3v) is 3.19. The van der Waals surface area contributed by atoms with Gasteiger partial charge < -0.3 is 10.8 Å². The third-order valence-electron chi connectivity index (χ3n) is 3.19. The van der Waals surface area contributed by atoms with Gasteiger partial charge in [-0.1, -0.05) is 29.8 Å². The normalized spacial score (nSPS) is 25.1. The molecule has 0 saturated carbocycles. The zero-order chi connectivity index (χ0) is 12.4. The zero-order valence-corrected chi connectivity index (χ0v) is 9.97. The average Bonchev–Trinajstić information content (AvgIpc) is 2.59. The Balaban J connectivity index is 2.09. The summed E-state index contributed by atoms with van der Waals surface area (Å²) < 4.78 is 0. The lowest BCUT2D eigenvalue weighted by molar-refractivity contribution is -0.142. The van der Waals surface area contributed by atoms with Gasteiger partial charge >= 0.3 is 5.97 Å². The van der Waals surface area contributed by atoms with Crippen molar-refractivity contribution in [2.45, 2.75) is 32.0 Å². The highest BCUT2D eigenvalue weighted by atomic mass is 16.4. The number of benzene rings is 1. The van der Waals surface area contributed by atoms with Crippen LogP contribution in [0.3, 0.4) is 0 Å². The maximum absolute atomic E-state index is 11.1. The molecule has 1 aromatic carbocycles. The molecule has 2 rings (SSSR count). The number of rotatable bonds is 3. The van der Waals surface area contributed by atoms with E-state index < -0.39 is 12.0 Å². The topological polar surface area (TPSA) is 66.6 Å². The minimum Gasteiger partial charge on any atom is -0.480 e. The second-order valence-electron chi connectivity index (χ2n) is 4.77. The lowest BCUT2D eigenvalue weighted by Gasteiger charge is -2.21. The molecular weight excluding hydrogens is 216 g/mol. The van der Waals surface area contributed by atoms with Gasteiger partial charge in [-0.2, -0.15) is 0 Å². The summed E-state index contributed by atoms with van der Waals surface area (Å²) in [6.45, 7) is 3.35. The molecule has 0 bridgehead atoms.